The number of hydrogen-bond acceptors (Lipinski definition) is 2. The van der Waals surface area contributed by atoms with Crippen molar-refractivity contribution in [2.45, 2.75) is 13.0 Å². The maximum atomic E-state index is 13.0. The molecule has 2 aromatic rings. The quantitative estimate of drug-likeness (QED) is 0.902. The second kappa shape index (κ2) is 6.14. The van der Waals surface area contributed by atoms with E-state index in [1.54, 1.807) is 12.1 Å². The highest BCUT2D eigenvalue weighted by Crippen LogP contribution is 2.11. The van der Waals surface area contributed by atoms with Crippen molar-refractivity contribution >= 4 is 5.91 Å². The fraction of sp³-hybridized carbons (Fsp3) is 0.133. The van der Waals surface area contributed by atoms with E-state index in [0.29, 0.717) is 11.1 Å². The molecule has 0 heterocycles. The number of carbonyl (C=O) groups excluding carboxylic acids is 1. The van der Waals surface area contributed by atoms with Crippen LogP contribution in [0.3, 0.4) is 0 Å². The number of aromatic hydroxyl groups is 1. The Morgan fingerprint density at radius 3 is 2.55 bits per heavy atom. The summed E-state index contributed by atoms with van der Waals surface area (Å²) in [5.74, 6) is -2.03. The molecule has 104 valence electrons. The molecule has 0 radical (unpaired) electrons. The van der Waals surface area contributed by atoms with Crippen molar-refractivity contribution in [3.05, 3.63) is 65.2 Å². The van der Waals surface area contributed by atoms with Gasteiger partial charge in [-0.2, -0.15) is 0 Å². The molecular weight excluding hydrogens is 264 g/mol. The van der Waals surface area contributed by atoms with Gasteiger partial charge >= 0.3 is 0 Å². The van der Waals surface area contributed by atoms with Crippen molar-refractivity contribution in [2.24, 2.45) is 0 Å². The minimum Gasteiger partial charge on any atom is -0.508 e. The third-order valence-electron chi connectivity index (χ3n) is 2.75. The maximum absolute atomic E-state index is 13.0. The largest absolute Gasteiger partial charge is 0.508 e. The number of benzene rings is 2. The van der Waals surface area contributed by atoms with Gasteiger partial charge in [-0.05, 0) is 35.4 Å². The average molecular weight is 277 g/mol. The SMILES string of the molecule is O=C(Cc1cccc(O)c1)NCc1ccc(F)c(F)c1. The second-order valence-electron chi connectivity index (χ2n) is 4.37. The fourth-order valence-electron chi connectivity index (χ4n) is 1.76. The fourth-order valence-corrected chi connectivity index (χ4v) is 1.76. The van der Waals surface area contributed by atoms with Gasteiger partial charge in [0.25, 0.3) is 0 Å². The van der Waals surface area contributed by atoms with Gasteiger partial charge in [0.2, 0.25) is 5.91 Å². The molecule has 2 rings (SSSR count). The van der Waals surface area contributed by atoms with Crippen LogP contribution in [0, 0.1) is 11.6 Å². The van der Waals surface area contributed by atoms with Crippen molar-refractivity contribution in [3.8, 4) is 5.75 Å². The van der Waals surface area contributed by atoms with Crippen LogP contribution in [0.2, 0.25) is 0 Å². The lowest BCUT2D eigenvalue weighted by Crippen LogP contribution is -2.24. The van der Waals surface area contributed by atoms with Crippen LogP contribution in [0.4, 0.5) is 8.78 Å². The molecule has 0 spiro atoms. The number of phenols is 1. The van der Waals surface area contributed by atoms with Gasteiger partial charge in [-0.25, -0.2) is 8.78 Å². The van der Waals surface area contributed by atoms with Crippen LogP contribution < -0.4 is 5.32 Å². The van der Waals surface area contributed by atoms with Crippen LogP contribution in [0.5, 0.6) is 5.75 Å². The Morgan fingerprint density at radius 1 is 1.05 bits per heavy atom. The molecule has 20 heavy (non-hydrogen) atoms. The Hall–Kier alpha value is -2.43. The number of carbonyl (C=O) groups is 1. The van der Waals surface area contributed by atoms with Crippen LogP contribution in [0.25, 0.3) is 0 Å². The van der Waals surface area contributed by atoms with Crippen molar-refractivity contribution < 1.29 is 18.7 Å². The Kier molecular flexibility index (Phi) is 4.30. The summed E-state index contributed by atoms with van der Waals surface area (Å²) in [7, 11) is 0. The zero-order valence-corrected chi connectivity index (χ0v) is 10.6. The number of phenolic OH excluding ortho intramolecular Hbond substituents is 1. The van der Waals surface area contributed by atoms with Gasteiger partial charge in [0.15, 0.2) is 11.6 Å². The molecule has 0 unspecified atom stereocenters. The molecule has 2 aromatic carbocycles. The molecule has 0 saturated carbocycles. The highest BCUT2D eigenvalue weighted by molar-refractivity contribution is 5.78. The van der Waals surface area contributed by atoms with Gasteiger partial charge < -0.3 is 10.4 Å². The lowest BCUT2D eigenvalue weighted by atomic mass is 10.1. The average Bonchev–Trinajstić information content (AvgIpc) is 2.40. The minimum atomic E-state index is -0.940. The highest BCUT2D eigenvalue weighted by atomic mass is 19.2. The van der Waals surface area contributed by atoms with Gasteiger partial charge in [0, 0.05) is 6.54 Å². The smallest absolute Gasteiger partial charge is 0.224 e. The summed E-state index contributed by atoms with van der Waals surface area (Å²) < 4.78 is 25.7. The highest BCUT2D eigenvalue weighted by Gasteiger charge is 2.06. The van der Waals surface area contributed by atoms with Gasteiger partial charge in [0.1, 0.15) is 5.75 Å². The molecule has 2 N–H and O–H groups in total. The molecular formula is C15H13F2NO2. The topological polar surface area (TPSA) is 49.3 Å². The zero-order chi connectivity index (χ0) is 14.5. The monoisotopic (exact) mass is 277 g/mol. The predicted octanol–water partition coefficient (Wildman–Crippen LogP) is 2.53. The molecule has 3 nitrogen and oxygen atoms in total. The first-order chi connectivity index (χ1) is 9.54. The van der Waals surface area contributed by atoms with Gasteiger partial charge in [-0.15, -0.1) is 0 Å². The number of amides is 1. The van der Waals surface area contributed by atoms with Gasteiger partial charge in [0.05, 0.1) is 6.42 Å². The first-order valence-electron chi connectivity index (χ1n) is 6.03. The summed E-state index contributed by atoms with van der Waals surface area (Å²) in [5, 5.41) is 11.9. The molecule has 0 aromatic heterocycles. The van der Waals surface area contributed by atoms with Crippen molar-refractivity contribution in [2.75, 3.05) is 0 Å². The summed E-state index contributed by atoms with van der Waals surface area (Å²) in [6, 6.07) is 9.85. The molecule has 5 heteroatoms. The van der Waals surface area contributed by atoms with Crippen molar-refractivity contribution in [1.29, 1.82) is 0 Å². The molecule has 0 saturated heterocycles. The van der Waals surface area contributed by atoms with E-state index in [1.807, 2.05) is 0 Å². The Balaban J connectivity index is 1.90. The molecule has 0 aliphatic rings. The summed E-state index contributed by atoms with van der Waals surface area (Å²) >= 11 is 0. The zero-order valence-electron chi connectivity index (χ0n) is 10.6. The molecule has 1 amide bonds. The van der Waals surface area contributed by atoms with E-state index in [0.717, 1.165) is 12.1 Å². The van der Waals surface area contributed by atoms with Gasteiger partial charge in [-0.1, -0.05) is 18.2 Å². The predicted molar refractivity (Wildman–Crippen MR) is 70.0 cm³/mol. The van der Waals surface area contributed by atoms with Crippen LogP contribution in [0.1, 0.15) is 11.1 Å². The van der Waals surface area contributed by atoms with E-state index in [9.17, 15) is 18.7 Å². The van der Waals surface area contributed by atoms with E-state index in [-0.39, 0.29) is 24.6 Å². The summed E-state index contributed by atoms with van der Waals surface area (Å²) in [6.07, 6.45) is 0.109. The summed E-state index contributed by atoms with van der Waals surface area (Å²) in [5.41, 5.74) is 1.15. The van der Waals surface area contributed by atoms with E-state index in [4.69, 9.17) is 0 Å². The number of hydrogen-bond donors (Lipinski definition) is 2. The third-order valence-corrected chi connectivity index (χ3v) is 2.75. The molecule has 0 bridgehead atoms. The van der Waals surface area contributed by atoms with E-state index in [1.165, 1.54) is 18.2 Å². The Bertz CT molecular complexity index is 629. The summed E-state index contributed by atoms with van der Waals surface area (Å²) in [6.45, 7) is 0.120. The second-order valence-corrected chi connectivity index (χ2v) is 4.37. The molecule has 0 fully saturated rings. The maximum Gasteiger partial charge on any atom is 0.224 e. The summed E-state index contributed by atoms with van der Waals surface area (Å²) in [4.78, 5) is 11.7. The van der Waals surface area contributed by atoms with E-state index < -0.39 is 11.6 Å². The molecule has 0 aliphatic carbocycles. The van der Waals surface area contributed by atoms with Gasteiger partial charge in [-0.3, -0.25) is 4.79 Å². The minimum absolute atomic E-state index is 0.0934. The Morgan fingerprint density at radius 2 is 1.85 bits per heavy atom. The lowest BCUT2D eigenvalue weighted by Gasteiger charge is -2.06. The number of nitrogens with one attached hydrogen (secondary N) is 1. The van der Waals surface area contributed by atoms with Crippen LogP contribution in [-0.4, -0.2) is 11.0 Å². The lowest BCUT2D eigenvalue weighted by molar-refractivity contribution is -0.120. The number of halogens is 2. The molecule has 0 atom stereocenters. The standard InChI is InChI=1S/C15H13F2NO2/c16-13-5-4-11(7-14(13)17)9-18-15(20)8-10-2-1-3-12(19)6-10/h1-7,19H,8-9H2,(H,18,20). The normalized spacial score (nSPS) is 10.3. The Labute approximate surface area is 114 Å². The molecule has 0 aliphatic heterocycles. The number of rotatable bonds is 4. The third kappa shape index (κ3) is 3.78. The first-order valence-corrected chi connectivity index (χ1v) is 6.03. The van der Waals surface area contributed by atoms with Crippen LogP contribution >= 0.6 is 0 Å². The van der Waals surface area contributed by atoms with E-state index in [2.05, 4.69) is 5.32 Å². The van der Waals surface area contributed by atoms with E-state index >= 15 is 0 Å². The van der Waals surface area contributed by atoms with Crippen molar-refractivity contribution in [1.82, 2.24) is 5.32 Å². The first kappa shape index (κ1) is 14.0. The van der Waals surface area contributed by atoms with Crippen LogP contribution in [-0.2, 0) is 17.8 Å². The van der Waals surface area contributed by atoms with Crippen molar-refractivity contribution in [3.63, 3.8) is 0 Å². The van der Waals surface area contributed by atoms with Crippen LogP contribution in [0.15, 0.2) is 42.5 Å².